The van der Waals surface area contributed by atoms with Crippen LogP contribution in [0.5, 0.6) is 5.75 Å². The van der Waals surface area contributed by atoms with Crippen LogP contribution in [0.2, 0.25) is 5.02 Å². The summed E-state index contributed by atoms with van der Waals surface area (Å²) in [6.07, 6.45) is 1.68. The largest absolute Gasteiger partial charge is 0.470 e. The molecule has 0 fully saturated rings. The predicted molar refractivity (Wildman–Crippen MR) is 114 cm³/mol. The van der Waals surface area contributed by atoms with Crippen molar-refractivity contribution in [2.24, 2.45) is 0 Å². The highest BCUT2D eigenvalue weighted by atomic mass is 79.9. The van der Waals surface area contributed by atoms with Crippen molar-refractivity contribution in [2.45, 2.75) is 13.7 Å². The average molecular weight is 478 g/mol. The summed E-state index contributed by atoms with van der Waals surface area (Å²) in [7, 11) is 0. The van der Waals surface area contributed by atoms with E-state index < -0.39 is 0 Å². The highest BCUT2D eigenvalue weighted by Gasteiger charge is 2.13. The Kier molecular flexibility index (Phi) is 5.34. The summed E-state index contributed by atoms with van der Waals surface area (Å²) in [5, 5.41) is 8.21. The van der Waals surface area contributed by atoms with Gasteiger partial charge in [0, 0.05) is 11.2 Å². The van der Waals surface area contributed by atoms with E-state index in [1.54, 1.807) is 30.5 Å². The molecule has 1 N–H and O–H groups in total. The van der Waals surface area contributed by atoms with Crippen LogP contribution in [0.1, 0.15) is 16.1 Å². The normalized spacial score (nSPS) is 11.0. The molecule has 0 saturated heterocycles. The van der Waals surface area contributed by atoms with Gasteiger partial charge in [-0.15, -0.1) is 0 Å². The third-order valence-corrected chi connectivity index (χ3v) is 5.67. The van der Waals surface area contributed by atoms with Crippen molar-refractivity contribution in [3.8, 4) is 5.75 Å². The quantitative estimate of drug-likeness (QED) is 0.412. The molecule has 0 radical (unpaired) electrons. The number of amides is 1. The Morgan fingerprint density at radius 3 is 2.96 bits per heavy atom. The molecule has 0 atom stereocenters. The standard InChI is InChI=1S/C19H14BrClN4O2S/c1-11-2-4-14-17(8-11)28-19(22-14)23-18(26)15-6-7-25(24-15)10-27-16-5-3-12(21)9-13(16)20/h2-9H,10H2,1H3,(H,22,23,26). The number of aryl methyl sites for hydroxylation is 1. The summed E-state index contributed by atoms with van der Waals surface area (Å²) >= 11 is 10.7. The van der Waals surface area contributed by atoms with Gasteiger partial charge in [-0.3, -0.25) is 10.1 Å². The molecule has 0 aliphatic carbocycles. The van der Waals surface area contributed by atoms with E-state index in [2.05, 4.69) is 31.3 Å². The van der Waals surface area contributed by atoms with Gasteiger partial charge < -0.3 is 4.74 Å². The average Bonchev–Trinajstić information content (AvgIpc) is 3.27. The van der Waals surface area contributed by atoms with E-state index in [0.717, 1.165) is 20.3 Å². The number of carbonyl (C=O) groups excluding carboxylic acids is 1. The van der Waals surface area contributed by atoms with Gasteiger partial charge in [0.25, 0.3) is 5.91 Å². The molecule has 0 aliphatic rings. The van der Waals surface area contributed by atoms with Crippen LogP contribution < -0.4 is 10.1 Å². The number of fused-ring (bicyclic) bond motifs is 1. The van der Waals surface area contributed by atoms with Gasteiger partial charge in [0.2, 0.25) is 0 Å². The molecule has 9 heteroatoms. The monoisotopic (exact) mass is 476 g/mol. The van der Waals surface area contributed by atoms with Crippen LogP contribution in [-0.4, -0.2) is 20.7 Å². The Hall–Kier alpha value is -2.42. The number of aromatic nitrogens is 3. The van der Waals surface area contributed by atoms with Crippen molar-refractivity contribution in [1.29, 1.82) is 0 Å². The minimum atomic E-state index is -0.317. The van der Waals surface area contributed by atoms with Gasteiger partial charge >= 0.3 is 0 Å². The summed E-state index contributed by atoms with van der Waals surface area (Å²) in [4.78, 5) is 16.9. The first-order valence-corrected chi connectivity index (χ1v) is 10.3. The number of thiazole rings is 1. The maximum Gasteiger partial charge on any atom is 0.277 e. The first-order valence-electron chi connectivity index (χ1n) is 8.28. The molecule has 2 aromatic carbocycles. The first kappa shape index (κ1) is 18.9. The lowest BCUT2D eigenvalue weighted by Crippen LogP contribution is -2.14. The lowest BCUT2D eigenvalue weighted by atomic mass is 10.2. The molecule has 6 nitrogen and oxygen atoms in total. The van der Waals surface area contributed by atoms with Crippen LogP contribution in [0.25, 0.3) is 10.2 Å². The Labute approximate surface area is 178 Å². The highest BCUT2D eigenvalue weighted by molar-refractivity contribution is 9.10. The van der Waals surface area contributed by atoms with Crippen LogP contribution in [0.4, 0.5) is 5.13 Å². The zero-order valence-corrected chi connectivity index (χ0v) is 17.8. The maximum atomic E-state index is 12.5. The van der Waals surface area contributed by atoms with E-state index in [9.17, 15) is 4.79 Å². The molecule has 2 aromatic heterocycles. The van der Waals surface area contributed by atoms with Crippen LogP contribution in [0.3, 0.4) is 0 Å². The Balaban J connectivity index is 1.42. The fraction of sp³-hybridized carbons (Fsp3) is 0.105. The molecule has 0 spiro atoms. The van der Waals surface area contributed by atoms with Crippen LogP contribution in [-0.2, 0) is 6.73 Å². The van der Waals surface area contributed by atoms with Crippen LogP contribution >= 0.6 is 38.9 Å². The number of carbonyl (C=O) groups is 1. The molecule has 0 bridgehead atoms. The summed E-state index contributed by atoms with van der Waals surface area (Å²) in [6.45, 7) is 2.18. The van der Waals surface area contributed by atoms with Crippen molar-refractivity contribution in [2.75, 3.05) is 5.32 Å². The summed E-state index contributed by atoms with van der Waals surface area (Å²) in [5.74, 6) is 0.317. The molecule has 0 saturated carbocycles. The number of ether oxygens (including phenoxy) is 1. The Morgan fingerprint density at radius 2 is 2.14 bits per heavy atom. The third-order valence-electron chi connectivity index (χ3n) is 3.88. The Bertz CT molecular complexity index is 1170. The molecule has 4 rings (SSSR count). The molecule has 142 valence electrons. The number of nitrogens with zero attached hydrogens (tertiary/aromatic N) is 3. The fourth-order valence-electron chi connectivity index (χ4n) is 2.53. The van der Waals surface area contributed by atoms with Crippen LogP contribution in [0, 0.1) is 6.92 Å². The number of hydrogen-bond acceptors (Lipinski definition) is 5. The van der Waals surface area contributed by atoms with Gasteiger partial charge in [0.1, 0.15) is 5.75 Å². The molecule has 0 unspecified atom stereocenters. The molecular weight excluding hydrogens is 464 g/mol. The molecule has 28 heavy (non-hydrogen) atoms. The lowest BCUT2D eigenvalue weighted by molar-refractivity contribution is 0.102. The van der Waals surface area contributed by atoms with Gasteiger partial charge in [0.05, 0.1) is 14.7 Å². The topological polar surface area (TPSA) is 69.0 Å². The number of hydrogen-bond donors (Lipinski definition) is 1. The first-order chi connectivity index (χ1) is 13.5. The van der Waals surface area contributed by atoms with E-state index in [-0.39, 0.29) is 18.3 Å². The lowest BCUT2D eigenvalue weighted by Gasteiger charge is -2.08. The van der Waals surface area contributed by atoms with E-state index in [0.29, 0.717) is 15.9 Å². The van der Waals surface area contributed by atoms with E-state index in [1.807, 2.05) is 25.1 Å². The summed E-state index contributed by atoms with van der Waals surface area (Å²) in [5.41, 5.74) is 2.30. The minimum absolute atomic E-state index is 0.161. The van der Waals surface area contributed by atoms with E-state index in [1.165, 1.54) is 16.0 Å². The van der Waals surface area contributed by atoms with Gasteiger partial charge in [-0.1, -0.05) is 29.0 Å². The van der Waals surface area contributed by atoms with E-state index in [4.69, 9.17) is 16.3 Å². The van der Waals surface area contributed by atoms with E-state index >= 15 is 0 Å². The maximum absolute atomic E-state index is 12.5. The van der Waals surface area contributed by atoms with Crippen LogP contribution in [0.15, 0.2) is 53.1 Å². The van der Waals surface area contributed by atoms with Gasteiger partial charge in [-0.2, -0.15) is 5.10 Å². The second-order valence-corrected chi connectivity index (χ2v) is 8.35. The molecule has 4 aromatic rings. The third kappa shape index (κ3) is 4.19. The molecule has 0 aliphatic heterocycles. The zero-order valence-electron chi connectivity index (χ0n) is 14.6. The fourth-order valence-corrected chi connectivity index (χ4v) is 4.29. The van der Waals surface area contributed by atoms with Gasteiger partial charge in [-0.25, -0.2) is 9.67 Å². The van der Waals surface area contributed by atoms with Crippen molar-refractivity contribution in [3.05, 3.63) is 69.4 Å². The second-order valence-electron chi connectivity index (χ2n) is 6.03. The smallest absolute Gasteiger partial charge is 0.277 e. The number of anilines is 1. The van der Waals surface area contributed by atoms with Crippen molar-refractivity contribution in [1.82, 2.24) is 14.8 Å². The SMILES string of the molecule is Cc1ccc2nc(NC(=O)c3ccn(COc4ccc(Cl)cc4Br)n3)sc2c1. The number of nitrogens with one attached hydrogen (secondary N) is 1. The number of rotatable bonds is 5. The number of benzene rings is 2. The predicted octanol–water partition coefficient (Wildman–Crippen LogP) is 5.51. The summed E-state index contributed by atoms with van der Waals surface area (Å²) in [6, 6.07) is 12.9. The van der Waals surface area contributed by atoms with Crippen molar-refractivity contribution < 1.29 is 9.53 Å². The molecular formula is C19H14BrClN4O2S. The molecule has 1 amide bonds. The van der Waals surface area contributed by atoms with Gasteiger partial charge in [0.15, 0.2) is 17.6 Å². The number of halogens is 2. The minimum Gasteiger partial charge on any atom is -0.470 e. The van der Waals surface area contributed by atoms with Crippen molar-refractivity contribution >= 4 is 60.1 Å². The zero-order chi connectivity index (χ0) is 19.7. The van der Waals surface area contributed by atoms with Gasteiger partial charge in [-0.05, 0) is 64.8 Å². The second kappa shape index (κ2) is 7.90. The Morgan fingerprint density at radius 1 is 1.29 bits per heavy atom. The summed E-state index contributed by atoms with van der Waals surface area (Å²) < 4.78 is 9.01. The molecule has 2 heterocycles. The highest BCUT2D eigenvalue weighted by Crippen LogP contribution is 2.28. The van der Waals surface area contributed by atoms with Crippen molar-refractivity contribution in [3.63, 3.8) is 0 Å².